The molecular formula is C13H10O. The maximum Gasteiger partial charge on any atom is 0.201 e. The van der Waals surface area contributed by atoms with Crippen LogP contribution >= 0.6 is 0 Å². The molecule has 0 heterocycles. The standard InChI is InChI=1S/C13H10O/c1-10-6-2-5-9-12(10)13(14)11-7-3-4-8-11/h2-7,9H,1H3. The van der Waals surface area contributed by atoms with E-state index in [9.17, 15) is 4.79 Å². The number of allylic oxidation sites excluding steroid dienone is 3. The highest BCUT2D eigenvalue weighted by Crippen LogP contribution is 2.14. The van der Waals surface area contributed by atoms with Crippen LogP contribution in [0.15, 0.2) is 53.8 Å². The first-order valence-electron chi connectivity index (χ1n) is 4.53. The van der Waals surface area contributed by atoms with Gasteiger partial charge in [-0.1, -0.05) is 30.3 Å². The highest BCUT2D eigenvalue weighted by atomic mass is 16.1. The molecule has 0 N–H and O–H groups in total. The first-order valence-corrected chi connectivity index (χ1v) is 4.53. The Kier molecular flexibility index (Phi) is 2.18. The molecule has 1 aromatic carbocycles. The molecule has 1 heteroatoms. The third kappa shape index (κ3) is 1.46. The molecule has 0 unspecified atom stereocenters. The number of hydrogen-bond donors (Lipinski definition) is 0. The van der Waals surface area contributed by atoms with Crippen molar-refractivity contribution in [2.75, 3.05) is 0 Å². The van der Waals surface area contributed by atoms with E-state index >= 15 is 0 Å². The minimum atomic E-state index is 0.0492. The number of carbonyl (C=O) groups excluding carboxylic acids is 1. The lowest BCUT2D eigenvalue weighted by molar-refractivity contribution is 0.103. The number of rotatable bonds is 2. The van der Waals surface area contributed by atoms with Gasteiger partial charge in [0.25, 0.3) is 0 Å². The van der Waals surface area contributed by atoms with E-state index in [4.69, 9.17) is 0 Å². The van der Waals surface area contributed by atoms with Crippen molar-refractivity contribution in [2.24, 2.45) is 0 Å². The molecule has 0 atom stereocenters. The summed E-state index contributed by atoms with van der Waals surface area (Å²) in [5.41, 5.74) is 5.32. The highest BCUT2D eigenvalue weighted by molar-refractivity contribution is 6.11. The van der Waals surface area contributed by atoms with E-state index in [1.165, 1.54) is 0 Å². The highest BCUT2D eigenvalue weighted by Gasteiger charge is 2.12. The third-order valence-corrected chi connectivity index (χ3v) is 2.23. The molecule has 1 aliphatic carbocycles. The first kappa shape index (κ1) is 8.74. The predicted molar refractivity (Wildman–Crippen MR) is 56.2 cm³/mol. The van der Waals surface area contributed by atoms with Crippen LogP contribution in [0.5, 0.6) is 0 Å². The topological polar surface area (TPSA) is 17.1 Å². The summed E-state index contributed by atoms with van der Waals surface area (Å²) in [5, 5.41) is 0. The van der Waals surface area contributed by atoms with Gasteiger partial charge in [-0.2, -0.15) is 0 Å². The fraction of sp³-hybridized carbons (Fsp3) is 0.0769. The van der Waals surface area contributed by atoms with E-state index in [0.717, 1.165) is 11.1 Å². The van der Waals surface area contributed by atoms with Gasteiger partial charge < -0.3 is 0 Å². The van der Waals surface area contributed by atoms with Crippen LogP contribution in [-0.2, 0) is 0 Å². The van der Waals surface area contributed by atoms with Crippen LogP contribution in [0.1, 0.15) is 15.9 Å². The zero-order valence-corrected chi connectivity index (χ0v) is 7.95. The van der Waals surface area contributed by atoms with E-state index in [-0.39, 0.29) is 5.78 Å². The van der Waals surface area contributed by atoms with Crippen LogP contribution in [0.2, 0.25) is 0 Å². The van der Waals surface area contributed by atoms with Crippen molar-refractivity contribution in [3.63, 3.8) is 0 Å². The number of ketones is 1. The van der Waals surface area contributed by atoms with E-state index in [1.54, 1.807) is 12.2 Å². The van der Waals surface area contributed by atoms with E-state index in [1.807, 2.05) is 37.3 Å². The number of Topliss-reactive ketones (excluding diaryl/α,β-unsaturated/α-hetero) is 1. The molecule has 0 aliphatic heterocycles. The second-order valence-corrected chi connectivity index (χ2v) is 3.23. The summed E-state index contributed by atoms with van der Waals surface area (Å²) in [6.07, 6.45) is 5.37. The average Bonchev–Trinajstić information content (AvgIpc) is 2.70. The summed E-state index contributed by atoms with van der Waals surface area (Å²) in [6, 6.07) is 7.60. The Balaban J connectivity index is 2.42. The Labute approximate surface area is 83.1 Å². The third-order valence-electron chi connectivity index (χ3n) is 2.23. The molecule has 0 amide bonds. The van der Waals surface area contributed by atoms with Crippen molar-refractivity contribution in [1.29, 1.82) is 0 Å². The molecule has 0 saturated carbocycles. The summed E-state index contributed by atoms with van der Waals surface area (Å²) in [6.45, 7) is 1.94. The Morgan fingerprint density at radius 3 is 2.71 bits per heavy atom. The van der Waals surface area contributed by atoms with E-state index in [0.29, 0.717) is 5.57 Å². The first-order chi connectivity index (χ1) is 6.79. The molecule has 2 rings (SSSR count). The second-order valence-electron chi connectivity index (χ2n) is 3.23. The van der Waals surface area contributed by atoms with Gasteiger partial charge in [0.1, 0.15) is 0 Å². The zero-order valence-electron chi connectivity index (χ0n) is 7.95. The Morgan fingerprint density at radius 1 is 1.29 bits per heavy atom. The van der Waals surface area contributed by atoms with Gasteiger partial charge in [-0.15, -0.1) is 5.73 Å². The molecule has 0 saturated heterocycles. The van der Waals surface area contributed by atoms with Gasteiger partial charge in [-0.05, 0) is 24.6 Å². The molecule has 68 valence electrons. The summed E-state index contributed by atoms with van der Waals surface area (Å²) < 4.78 is 0. The maximum atomic E-state index is 11.9. The summed E-state index contributed by atoms with van der Waals surface area (Å²) in [4.78, 5) is 11.9. The molecule has 1 nitrogen and oxygen atoms in total. The lowest BCUT2D eigenvalue weighted by Crippen LogP contribution is -2.02. The number of benzene rings is 1. The molecular weight excluding hydrogens is 172 g/mol. The van der Waals surface area contributed by atoms with Gasteiger partial charge in [-0.25, -0.2) is 0 Å². The van der Waals surface area contributed by atoms with E-state index < -0.39 is 0 Å². The van der Waals surface area contributed by atoms with Crippen molar-refractivity contribution in [2.45, 2.75) is 6.92 Å². The van der Waals surface area contributed by atoms with Gasteiger partial charge >= 0.3 is 0 Å². The van der Waals surface area contributed by atoms with Gasteiger partial charge in [0.15, 0.2) is 0 Å². The molecule has 0 bridgehead atoms. The molecule has 14 heavy (non-hydrogen) atoms. The van der Waals surface area contributed by atoms with Crippen LogP contribution < -0.4 is 0 Å². The molecule has 0 fully saturated rings. The number of aryl methyl sites for hydroxylation is 1. The summed E-state index contributed by atoms with van der Waals surface area (Å²) >= 11 is 0. The van der Waals surface area contributed by atoms with Crippen LogP contribution in [0.4, 0.5) is 0 Å². The summed E-state index contributed by atoms with van der Waals surface area (Å²) in [7, 11) is 0. The Hall–Kier alpha value is -1.85. The monoisotopic (exact) mass is 182 g/mol. The van der Waals surface area contributed by atoms with Gasteiger partial charge in [0, 0.05) is 5.56 Å². The molecule has 0 spiro atoms. The number of hydrogen-bond acceptors (Lipinski definition) is 1. The molecule has 0 aromatic heterocycles. The fourth-order valence-corrected chi connectivity index (χ4v) is 1.44. The zero-order chi connectivity index (χ0) is 9.97. The van der Waals surface area contributed by atoms with Crippen LogP contribution in [0.25, 0.3) is 0 Å². The lowest BCUT2D eigenvalue weighted by Gasteiger charge is -2.02. The Morgan fingerprint density at radius 2 is 2.07 bits per heavy atom. The van der Waals surface area contributed by atoms with Crippen molar-refractivity contribution in [3.8, 4) is 0 Å². The van der Waals surface area contributed by atoms with E-state index in [2.05, 4.69) is 5.73 Å². The van der Waals surface area contributed by atoms with Crippen LogP contribution in [-0.4, -0.2) is 5.78 Å². The van der Waals surface area contributed by atoms with Crippen LogP contribution in [0.3, 0.4) is 0 Å². The van der Waals surface area contributed by atoms with Gasteiger partial charge in [-0.3, -0.25) is 4.79 Å². The van der Waals surface area contributed by atoms with Crippen molar-refractivity contribution in [1.82, 2.24) is 0 Å². The maximum absolute atomic E-state index is 11.9. The lowest BCUT2D eigenvalue weighted by atomic mass is 10.0. The SMILES string of the molecule is Cc1ccccc1C(=O)C1=C=CC=C1. The second kappa shape index (κ2) is 3.49. The quantitative estimate of drug-likeness (QED) is 0.507. The molecule has 0 radical (unpaired) electrons. The summed E-state index contributed by atoms with van der Waals surface area (Å²) in [5.74, 6) is 0.0492. The molecule has 1 aliphatic rings. The van der Waals surface area contributed by atoms with Gasteiger partial charge in [0.2, 0.25) is 5.78 Å². The minimum absolute atomic E-state index is 0.0492. The largest absolute Gasteiger partial charge is 0.288 e. The average molecular weight is 182 g/mol. The normalized spacial score (nSPS) is 13.1. The minimum Gasteiger partial charge on any atom is -0.288 e. The number of carbonyl (C=O) groups is 1. The predicted octanol–water partition coefficient (Wildman–Crippen LogP) is 2.83. The fourth-order valence-electron chi connectivity index (χ4n) is 1.44. The Bertz CT molecular complexity index is 472. The van der Waals surface area contributed by atoms with Crippen molar-refractivity contribution in [3.05, 3.63) is 64.9 Å². The smallest absolute Gasteiger partial charge is 0.201 e. The molecule has 1 aromatic rings. The van der Waals surface area contributed by atoms with Crippen molar-refractivity contribution >= 4 is 5.78 Å². The van der Waals surface area contributed by atoms with Crippen molar-refractivity contribution < 1.29 is 4.79 Å². The van der Waals surface area contributed by atoms with Crippen LogP contribution in [0, 0.1) is 6.92 Å². The van der Waals surface area contributed by atoms with Gasteiger partial charge in [0.05, 0.1) is 5.57 Å².